The van der Waals surface area contributed by atoms with E-state index in [4.69, 9.17) is 5.11 Å². The Morgan fingerprint density at radius 3 is 2.05 bits per heavy atom. The highest BCUT2D eigenvalue weighted by molar-refractivity contribution is 7.13. The van der Waals surface area contributed by atoms with Crippen molar-refractivity contribution < 1.29 is 29.4 Å². The SMILES string of the molecule is Cc1ccsc1-c1ccc(CNC(=O)[C@@H]2C[C@@H](O)CC2C(=O)[C@@H](NC(=O)CCCCCCCCCC(=O)O)C(C)(C)C)cc1. The summed E-state index contributed by atoms with van der Waals surface area (Å²) >= 11 is 1.70. The van der Waals surface area contributed by atoms with Crippen molar-refractivity contribution in [3.05, 3.63) is 46.8 Å². The Labute approximate surface area is 266 Å². The maximum Gasteiger partial charge on any atom is 0.303 e. The summed E-state index contributed by atoms with van der Waals surface area (Å²) in [7, 11) is 0. The normalized spacial score (nSPS) is 19.0. The maximum absolute atomic E-state index is 13.8. The van der Waals surface area contributed by atoms with Gasteiger partial charge in [0.25, 0.3) is 0 Å². The van der Waals surface area contributed by atoms with E-state index in [9.17, 15) is 24.3 Å². The van der Waals surface area contributed by atoms with Crippen molar-refractivity contribution in [1.82, 2.24) is 10.6 Å². The lowest BCUT2D eigenvalue weighted by Gasteiger charge is -2.33. The lowest BCUT2D eigenvalue weighted by atomic mass is 9.77. The third kappa shape index (κ3) is 10.8. The van der Waals surface area contributed by atoms with E-state index in [1.807, 2.05) is 45.0 Å². The number of nitrogens with one attached hydrogen (secondary N) is 2. The van der Waals surface area contributed by atoms with Crippen molar-refractivity contribution in [2.45, 2.75) is 117 Å². The number of unbranched alkanes of at least 4 members (excludes halogenated alkanes) is 6. The number of aliphatic carboxylic acids is 1. The number of Topliss-reactive ketones (excluding diaryl/α,β-unsaturated/α-hetero) is 1. The summed E-state index contributed by atoms with van der Waals surface area (Å²) in [6, 6.07) is 9.42. The second kappa shape index (κ2) is 16.9. The zero-order chi connectivity index (χ0) is 32.3. The largest absolute Gasteiger partial charge is 0.481 e. The number of carbonyl (C=O) groups is 4. The molecule has 0 bridgehead atoms. The summed E-state index contributed by atoms with van der Waals surface area (Å²) in [5, 5.41) is 27.2. The number of thiophene rings is 1. The number of aliphatic hydroxyl groups is 1. The van der Waals surface area contributed by atoms with Gasteiger partial charge in [0, 0.05) is 30.2 Å². The minimum Gasteiger partial charge on any atom is -0.481 e. The Hall–Kier alpha value is -3.04. The van der Waals surface area contributed by atoms with Crippen molar-refractivity contribution in [1.29, 1.82) is 0 Å². The van der Waals surface area contributed by atoms with E-state index >= 15 is 0 Å². The summed E-state index contributed by atoms with van der Waals surface area (Å²) in [4.78, 5) is 51.8. The highest BCUT2D eigenvalue weighted by atomic mass is 32.1. The van der Waals surface area contributed by atoms with Crippen LogP contribution in [0.5, 0.6) is 0 Å². The molecule has 1 aliphatic rings. The lowest BCUT2D eigenvalue weighted by Crippen LogP contribution is -2.52. The zero-order valence-corrected chi connectivity index (χ0v) is 27.5. The van der Waals surface area contributed by atoms with Gasteiger partial charge in [-0.25, -0.2) is 0 Å². The number of aliphatic hydroxyl groups excluding tert-OH is 1. The second-order valence-electron chi connectivity index (χ2n) is 13.3. The molecule has 1 heterocycles. The van der Waals surface area contributed by atoms with E-state index in [0.717, 1.165) is 43.2 Å². The molecule has 44 heavy (non-hydrogen) atoms. The number of hydrogen-bond donors (Lipinski definition) is 4. The molecule has 1 unspecified atom stereocenters. The van der Waals surface area contributed by atoms with Crippen LogP contribution in [0.3, 0.4) is 0 Å². The van der Waals surface area contributed by atoms with E-state index < -0.39 is 35.4 Å². The highest BCUT2D eigenvalue weighted by Gasteiger charge is 2.46. The lowest BCUT2D eigenvalue weighted by molar-refractivity contribution is -0.137. The summed E-state index contributed by atoms with van der Waals surface area (Å²) in [5.74, 6) is -2.70. The molecule has 1 saturated carbocycles. The fourth-order valence-electron chi connectivity index (χ4n) is 5.99. The highest BCUT2D eigenvalue weighted by Crippen LogP contribution is 2.36. The van der Waals surface area contributed by atoms with E-state index in [1.165, 1.54) is 10.4 Å². The molecule has 9 heteroatoms. The van der Waals surface area contributed by atoms with Crippen molar-refractivity contribution in [2.24, 2.45) is 17.3 Å². The molecule has 0 aliphatic heterocycles. The molecule has 1 aromatic heterocycles. The number of rotatable bonds is 17. The molecule has 2 aromatic rings. The van der Waals surface area contributed by atoms with Crippen LogP contribution in [0.4, 0.5) is 0 Å². The molecule has 4 N–H and O–H groups in total. The molecule has 242 valence electrons. The van der Waals surface area contributed by atoms with Crippen molar-refractivity contribution >= 4 is 34.9 Å². The molecule has 1 fully saturated rings. The standard InChI is InChI=1S/C35H50N2O6S/c1-23-18-19-44-32(23)25-16-14-24(15-17-25)22-36-34(43)28-21-26(38)20-27(28)31(42)33(35(2,3)4)37-29(39)12-10-8-6-5-7-9-11-13-30(40)41/h14-19,26-28,33,38H,5-13,20-22H2,1-4H3,(H,36,43)(H,37,39)(H,40,41)/t26-,27?,28+,33+/m0/s1. The Balaban J connectivity index is 1.50. The smallest absolute Gasteiger partial charge is 0.303 e. The van der Waals surface area contributed by atoms with Crippen LogP contribution in [0, 0.1) is 24.2 Å². The number of hydrogen-bond acceptors (Lipinski definition) is 6. The van der Waals surface area contributed by atoms with Crippen LogP contribution >= 0.6 is 11.3 Å². The first-order valence-electron chi connectivity index (χ1n) is 16.0. The second-order valence-corrected chi connectivity index (χ2v) is 14.2. The van der Waals surface area contributed by atoms with Gasteiger partial charge in [-0.1, -0.05) is 77.1 Å². The molecule has 8 nitrogen and oxygen atoms in total. The average molecular weight is 627 g/mol. The first-order chi connectivity index (χ1) is 20.9. The van der Waals surface area contributed by atoms with E-state index in [2.05, 4.69) is 29.0 Å². The van der Waals surface area contributed by atoms with Crippen LogP contribution in [0.25, 0.3) is 10.4 Å². The number of ketones is 1. The topological polar surface area (TPSA) is 133 Å². The van der Waals surface area contributed by atoms with Crippen molar-refractivity contribution in [3.63, 3.8) is 0 Å². The Kier molecular flexibility index (Phi) is 13.6. The monoisotopic (exact) mass is 626 g/mol. The first-order valence-corrected chi connectivity index (χ1v) is 16.9. The van der Waals surface area contributed by atoms with Gasteiger partial charge in [-0.15, -0.1) is 11.3 Å². The van der Waals surface area contributed by atoms with Gasteiger partial charge >= 0.3 is 5.97 Å². The summed E-state index contributed by atoms with van der Waals surface area (Å²) in [5.41, 5.74) is 2.77. The van der Waals surface area contributed by atoms with Crippen LogP contribution in [0.2, 0.25) is 0 Å². The van der Waals surface area contributed by atoms with Crippen LogP contribution in [0.1, 0.15) is 103 Å². The summed E-state index contributed by atoms with van der Waals surface area (Å²) in [6.07, 6.45) is 6.42. The van der Waals surface area contributed by atoms with Crippen LogP contribution in [-0.2, 0) is 25.7 Å². The van der Waals surface area contributed by atoms with Gasteiger partial charge in [-0.3, -0.25) is 19.2 Å². The van der Waals surface area contributed by atoms with E-state index in [-0.39, 0.29) is 36.9 Å². The van der Waals surface area contributed by atoms with Gasteiger partial charge in [0.05, 0.1) is 18.1 Å². The van der Waals surface area contributed by atoms with E-state index in [0.29, 0.717) is 25.8 Å². The summed E-state index contributed by atoms with van der Waals surface area (Å²) < 4.78 is 0. The Morgan fingerprint density at radius 1 is 0.886 bits per heavy atom. The molecular formula is C35H50N2O6S. The number of carboxylic acids is 1. The fraction of sp³-hybridized carbons (Fsp3) is 0.600. The number of benzene rings is 1. The van der Waals surface area contributed by atoms with Gasteiger partial charge in [-0.2, -0.15) is 0 Å². The first kappa shape index (κ1) is 35.4. The number of amides is 2. The Bertz CT molecular complexity index is 1250. The van der Waals surface area contributed by atoms with Gasteiger partial charge in [0.1, 0.15) is 0 Å². The molecule has 0 radical (unpaired) electrons. The number of carbonyl (C=O) groups excluding carboxylic acids is 3. The number of aryl methyl sites for hydroxylation is 1. The van der Waals surface area contributed by atoms with Crippen LogP contribution < -0.4 is 10.6 Å². The zero-order valence-electron chi connectivity index (χ0n) is 26.7. The molecule has 4 atom stereocenters. The van der Waals surface area contributed by atoms with Gasteiger partial charge in [0.15, 0.2) is 5.78 Å². The average Bonchev–Trinajstić information content (AvgIpc) is 3.58. The van der Waals surface area contributed by atoms with Gasteiger partial charge in [-0.05, 0) is 66.2 Å². The molecule has 0 spiro atoms. The molecule has 0 saturated heterocycles. The van der Waals surface area contributed by atoms with Crippen molar-refractivity contribution in [2.75, 3.05) is 0 Å². The molecule has 1 aliphatic carbocycles. The number of carboxylic acid groups (broad SMARTS) is 1. The molecule has 1 aromatic carbocycles. The fourth-order valence-corrected chi connectivity index (χ4v) is 6.92. The Morgan fingerprint density at radius 2 is 1.48 bits per heavy atom. The predicted octanol–water partition coefficient (Wildman–Crippen LogP) is 6.42. The molecule has 2 amide bonds. The molecule has 3 rings (SSSR count). The summed E-state index contributed by atoms with van der Waals surface area (Å²) in [6.45, 7) is 8.13. The van der Waals surface area contributed by atoms with Crippen molar-refractivity contribution in [3.8, 4) is 10.4 Å². The van der Waals surface area contributed by atoms with Gasteiger partial charge in [0.2, 0.25) is 11.8 Å². The predicted molar refractivity (Wildman–Crippen MR) is 174 cm³/mol. The third-order valence-corrected chi connectivity index (χ3v) is 9.60. The third-order valence-electron chi connectivity index (χ3n) is 8.54. The minimum atomic E-state index is -0.761. The minimum absolute atomic E-state index is 0.180. The van der Waals surface area contributed by atoms with Gasteiger partial charge < -0.3 is 20.8 Å². The molecular weight excluding hydrogens is 576 g/mol. The quantitative estimate of drug-likeness (QED) is 0.150. The van der Waals surface area contributed by atoms with Crippen LogP contribution in [-0.4, -0.2) is 45.9 Å². The van der Waals surface area contributed by atoms with E-state index in [1.54, 1.807) is 11.3 Å². The maximum atomic E-state index is 13.8. The van der Waals surface area contributed by atoms with Crippen LogP contribution in [0.15, 0.2) is 35.7 Å².